The molecule has 2 saturated carbocycles. The van der Waals surface area contributed by atoms with E-state index in [1.165, 1.54) is 0 Å². The molecule has 0 spiro atoms. The van der Waals surface area contributed by atoms with Gasteiger partial charge in [-0.25, -0.2) is 0 Å². The molecule has 0 aromatic rings. The van der Waals surface area contributed by atoms with Crippen LogP contribution >= 0.6 is 22.6 Å². The molecule has 20 heavy (non-hydrogen) atoms. The summed E-state index contributed by atoms with van der Waals surface area (Å²) in [7, 11) is 0. The Hall–Kier alpha value is 0.120. The summed E-state index contributed by atoms with van der Waals surface area (Å²) in [6.45, 7) is 5.56. The van der Waals surface area contributed by atoms with Gasteiger partial charge in [0, 0.05) is 0 Å². The number of epoxide rings is 1. The van der Waals surface area contributed by atoms with Gasteiger partial charge in [-0.1, -0.05) is 29.5 Å². The summed E-state index contributed by atoms with van der Waals surface area (Å²) in [5.74, 6) is 1.01. The number of carbonyl (C=O) groups excluding carboxylic acids is 1. The predicted octanol–water partition coefficient (Wildman–Crippen LogP) is 2.72. The van der Waals surface area contributed by atoms with Gasteiger partial charge in [0.15, 0.2) is 0 Å². The molecule has 0 radical (unpaired) electrons. The Bertz CT molecular complexity index is 380. The second-order valence-electron chi connectivity index (χ2n) is 6.55. The van der Waals surface area contributed by atoms with Crippen LogP contribution in [0.5, 0.6) is 0 Å². The van der Waals surface area contributed by atoms with Crippen LogP contribution in [0.3, 0.4) is 0 Å². The fourth-order valence-corrected chi connectivity index (χ4v) is 3.45. The Morgan fingerprint density at radius 1 is 1.30 bits per heavy atom. The van der Waals surface area contributed by atoms with Crippen LogP contribution in [0.1, 0.15) is 39.5 Å². The monoisotopic (exact) mass is 394 g/mol. The standard InChI is InChI=1S/C15H23IO4/c1-3-15(2,16)14(17)20-13-6-9-4-10(13)5-12(9)19-8-11-7-18-11/h9-13H,3-8H2,1-2H3. The van der Waals surface area contributed by atoms with Crippen molar-refractivity contribution in [2.75, 3.05) is 13.2 Å². The third-order valence-corrected chi connectivity index (χ3v) is 6.18. The number of rotatable bonds is 6. The lowest BCUT2D eigenvalue weighted by atomic mass is 9.94. The molecule has 1 heterocycles. The Balaban J connectivity index is 1.47. The normalized spacial score (nSPS) is 41.5. The number of carbonyl (C=O) groups is 1. The summed E-state index contributed by atoms with van der Waals surface area (Å²) in [4.78, 5) is 12.2. The molecule has 0 aromatic heterocycles. The van der Waals surface area contributed by atoms with Crippen molar-refractivity contribution in [3.05, 3.63) is 0 Å². The van der Waals surface area contributed by atoms with Gasteiger partial charge in [-0.3, -0.25) is 4.79 Å². The average Bonchev–Trinajstić information content (AvgIpc) is 3.06. The first-order chi connectivity index (χ1) is 9.49. The molecule has 3 rings (SSSR count). The van der Waals surface area contributed by atoms with Crippen LogP contribution in [0.2, 0.25) is 0 Å². The second-order valence-corrected chi connectivity index (χ2v) is 8.93. The van der Waals surface area contributed by atoms with Gasteiger partial charge < -0.3 is 14.2 Å². The molecular formula is C15H23IO4. The minimum atomic E-state index is -0.390. The Morgan fingerprint density at radius 3 is 2.50 bits per heavy atom. The maximum Gasteiger partial charge on any atom is 0.322 e. The van der Waals surface area contributed by atoms with Crippen LogP contribution in [-0.4, -0.2) is 40.9 Å². The number of alkyl halides is 1. The zero-order valence-electron chi connectivity index (χ0n) is 12.1. The highest BCUT2D eigenvalue weighted by Crippen LogP contribution is 2.48. The van der Waals surface area contributed by atoms with Crippen LogP contribution in [0.25, 0.3) is 0 Å². The van der Waals surface area contributed by atoms with E-state index < -0.39 is 3.42 Å². The first-order valence-electron chi connectivity index (χ1n) is 7.63. The van der Waals surface area contributed by atoms with E-state index in [0.29, 0.717) is 24.0 Å². The number of ether oxygens (including phenoxy) is 3. The molecule has 3 aliphatic rings. The summed E-state index contributed by atoms with van der Waals surface area (Å²) in [6, 6.07) is 0. The number of hydrogen-bond donors (Lipinski definition) is 0. The minimum Gasteiger partial charge on any atom is -0.461 e. The third kappa shape index (κ3) is 3.14. The summed E-state index contributed by atoms with van der Waals surface area (Å²) in [6.07, 6.45) is 4.79. The summed E-state index contributed by atoms with van der Waals surface area (Å²) < 4.78 is 16.5. The van der Waals surface area contributed by atoms with E-state index in [-0.39, 0.29) is 12.1 Å². The van der Waals surface area contributed by atoms with Crippen LogP contribution < -0.4 is 0 Å². The van der Waals surface area contributed by atoms with Gasteiger partial charge in [-0.05, 0) is 44.4 Å². The van der Waals surface area contributed by atoms with Crippen LogP contribution in [0, 0.1) is 11.8 Å². The van der Waals surface area contributed by atoms with E-state index in [4.69, 9.17) is 14.2 Å². The summed E-state index contributed by atoms with van der Waals surface area (Å²) >= 11 is 2.20. The Kier molecular flexibility index (Phi) is 4.30. The Labute approximate surface area is 134 Å². The van der Waals surface area contributed by atoms with E-state index in [2.05, 4.69) is 22.6 Å². The smallest absolute Gasteiger partial charge is 0.322 e. The predicted molar refractivity (Wildman–Crippen MR) is 82.9 cm³/mol. The van der Waals surface area contributed by atoms with Gasteiger partial charge in [0.1, 0.15) is 15.6 Å². The second kappa shape index (κ2) is 5.72. The molecule has 0 aromatic carbocycles. The molecular weight excluding hydrogens is 371 g/mol. The largest absolute Gasteiger partial charge is 0.461 e. The highest BCUT2D eigenvalue weighted by atomic mass is 127. The van der Waals surface area contributed by atoms with Crippen molar-refractivity contribution in [2.45, 2.75) is 61.3 Å². The quantitative estimate of drug-likeness (QED) is 0.301. The zero-order chi connectivity index (χ0) is 14.3. The molecule has 0 N–H and O–H groups in total. The van der Waals surface area contributed by atoms with E-state index >= 15 is 0 Å². The van der Waals surface area contributed by atoms with Crippen molar-refractivity contribution in [1.29, 1.82) is 0 Å². The molecule has 6 atom stereocenters. The van der Waals surface area contributed by atoms with Crippen molar-refractivity contribution in [1.82, 2.24) is 0 Å². The molecule has 2 bridgehead atoms. The van der Waals surface area contributed by atoms with Crippen LogP contribution in [0.4, 0.5) is 0 Å². The van der Waals surface area contributed by atoms with E-state index in [1.807, 2.05) is 13.8 Å². The van der Waals surface area contributed by atoms with Gasteiger partial charge in [0.05, 0.1) is 19.3 Å². The molecule has 0 amide bonds. The molecule has 2 aliphatic carbocycles. The fraction of sp³-hybridized carbons (Fsp3) is 0.933. The lowest BCUT2D eigenvalue weighted by molar-refractivity contribution is -0.155. The molecule has 1 aliphatic heterocycles. The van der Waals surface area contributed by atoms with Gasteiger partial charge in [0.25, 0.3) is 0 Å². The van der Waals surface area contributed by atoms with Gasteiger partial charge >= 0.3 is 5.97 Å². The lowest BCUT2D eigenvalue weighted by Gasteiger charge is -2.30. The van der Waals surface area contributed by atoms with Crippen molar-refractivity contribution < 1.29 is 19.0 Å². The van der Waals surface area contributed by atoms with Crippen molar-refractivity contribution >= 4 is 28.6 Å². The average molecular weight is 394 g/mol. The van der Waals surface area contributed by atoms with Gasteiger partial charge in [-0.2, -0.15) is 0 Å². The lowest BCUT2D eigenvalue weighted by Crippen LogP contribution is -2.37. The van der Waals surface area contributed by atoms with E-state index in [9.17, 15) is 4.79 Å². The number of hydrogen-bond acceptors (Lipinski definition) is 4. The topological polar surface area (TPSA) is 48.1 Å². The molecule has 3 fully saturated rings. The molecule has 5 heteroatoms. The van der Waals surface area contributed by atoms with Crippen molar-refractivity contribution in [3.8, 4) is 0 Å². The Morgan fingerprint density at radius 2 is 1.95 bits per heavy atom. The zero-order valence-corrected chi connectivity index (χ0v) is 14.3. The highest BCUT2D eigenvalue weighted by molar-refractivity contribution is 14.1. The molecule has 1 saturated heterocycles. The number of fused-ring (bicyclic) bond motifs is 2. The maximum atomic E-state index is 12.2. The first-order valence-corrected chi connectivity index (χ1v) is 8.70. The van der Waals surface area contributed by atoms with Gasteiger partial charge in [-0.15, -0.1) is 0 Å². The molecule has 4 nitrogen and oxygen atoms in total. The van der Waals surface area contributed by atoms with Gasteiger partial charge in [0.2, 0.25) is 0 Å². The molecule has 114 valence electrons. The SMILES string of the molecule is CCC(C)(I)C(=O)OC1CC2CC1CC2OCC1CO1. The van der Waals surface area contributed by atoms with E-state index in [1.54, 1.807) is 0 Å². The summed E-state index contributed by atoms with van der Waals surface area (Å²) in [5.41, 5.74) is 0. The minimum absolute atomic E-state index is 0.0537. The fourth-order valence-electron chi connectivity index (χ4n) is 3.32. The number of esters is 1. The maximum absolute atomic E-state index is 12.2. The van der Waals surface area contributed by atoms with Crippen LogP contribution in [-0.2, 0) is 19.0 Å². The summed E-state index contributed by atoms with van der Waals surface area (Å²) in [5, 5.41) is 0. The van der Waals surface area contributed by atoms with Crippen molar-refractivity contribution in [2.24, 2.45) is 11.8 Å². The van der Waals surface area contributed by atoms with Crippen molar-refractivity contribution in [3.63, 3.8) is 0 Å². The molecule has 6 unspecified atom stereocenters. The van der Waals surface area contributed by atoms with Crippen LogP contribution in [0.15, 0.2) is 0 Å². The highest BCUT2D eigenvalue weighted by Gasteiger charge is 2.49. The number of halogens is 1. The third-order valence-electron chi connectivity index (χ3n) is 4.97. The first kappa shape index (κ1) is 15.0. The van der Waals surface area contributed by atoms with E-state index in [0.717, 1.165) is 38.9 Å².